The molecule has 12 nitrogen and oxygen atoms in total. The van der Waals surface area contributed by atoms with Gasteiger partial charge in [0.15, 0.2) is 0 Å². The normalized spacial score (nSPS) is 16.3. The predicted molar refractivity (Wildman–Crippen MR) is 187 cm³/mol. The number of urea groups is 1. The van der Waals surface area contributed by atoms with Gasteiger partial charge in [0, 0.05) is 43.7 Å². The summed E-state index contributed by atoms with van der Waals surface area (Å²) in [5, 5.41) is 18.3. The standard InChI is InChI=1S/C36H45FN6O6/c1-23-20-43(24(2)22-44)35(47)28-19-27(39-33(45)11-5-4-6-12-34(46)41-30-10-8-7-9-29(30)38)17-18-31(28)49-32(23)21-42(3)36(48)40-26-15-13-25(37)14-16-26/h7-10,13-19,23-24,32,44H,4-6,11-12,20-22,38H2,1-3H3,(H,39,45)(H,40,48)(H,41,46)/t23-,24-,32-/m1/s1. The number of halogens is 1. The van der Waals surface area contributed by atoms with E-state index in [2.05, 4.69) is 16.0 Å². The highest BCUT2D eigenvalue weighted by Gasteiger charge is 2.34. The Kier molecular flexibility index (Phi) is 12.9. The van der Waals surface area contributed by atoms with Crippen LogP contribution in [0.3, 0.4) is 0 Å². The van der Waals surface area contributed by atoms with E-state index in [4.69, 9.17) is 10.5 Å². The number of para-hydroxylation sites is 2. The van der Waals surface area contributed by atoms with Crippen molar-refractivity contribution in [2.75, 3.05) is 48.4 Å². The number of nitrogens with zero attached hydrogens (tertiary/aromatic N) is 2. The van der Waals surface area contributed by atoms with Crippen LogP contribution in [0.15, 0.2) is 66.7 Å². The monoisotopic (exact) mass is 676 g/mol. The van der Waals surface area contributed by atoms with Gasteiger partial charge in [-0.2, -0.15) is 0 Å². The fraction of sp³-hybridized carbons (Fsp3) is 0.389. The molecule has 1 aliphatic rings. The van der Waals surface area contributed by atoms with Crippen molar-refractivity contribution in [1.82, 2.24) is 9.80 Å². The molecular formula is C36H45FN6O6. The maximum absolute atomic E-state index is 13.8. The quantitative estimate of drug-likeness (QED) is 0.121. The highest BCUT2D eigenvalue weighted by atomic mass is 19.1. The number of unbranched alkanes of at least 4 members (excludes halogenated alkanes) is 2. The first kappa shape index (κ1) is 36.7. The van der Waals surface area contributed by atoms with Crippen molar-refractivity contribution >= 4 is 46.5 Å². The number of aliphatic hydroxyl groups is 1. The summed E-state index contributed by atoms with van der Waals surface area (Å²) < 4.78 is 19.6. The largest absolute Gasteiger partial charge is 0.487 e. The van der Waals surface area contributed by atoms with Gasteiger partial charge in [0.25, 0.3) is 5.91 Å². The highest BCUT2D eigenvalue weighted by Crippen LogP contribution is 2.31. The number of ether oxygens (including phenoxy) is 1. The molecule has 3 aromatic carbocycles. The van der Waals surface area contributed by atoms with Crippen LogP contribution in [-0.2, 0) is 9.59 Å². The zero-order chi connectivity index (χ0) is 35.5. The summed E-state index contributed by atoms with van der Waals surface area (Å²) >= 11 is 0. The van der Waals surface area contributed by atoms with E-state index in [1.807, 2.05) is 6.92 Å². The van der Waals surface area contributed by atoms with Crippen LogP contribution in [0.1, 0.15) is 56.3 Å². The van der Waals surface area contributed by atoms with Gasteiger partial charge >= 0.3 is 6.03 Å². The van der Waals surface area contributed by atoms with Gasteiger partial charge in [0.1, 0.15) is 17.7 Å². The van der Waals surface area contributed by atoms with Crippen LogP contribution in [0.2, 0.25) is 0 Å². The molecule has 1 aliphatic heterocycles. The zero-order valence-corrected chi connectivity index (χ0v) is 28.1. The summed E-state index contributed by atoms with van der Waals surface area (Å²) in [6.45, 7) is 3.83. The Hall–Kier alpha value is -5.17. The second-order valence-corrected chi connectivity index (χ2v) is 12.4. The minimum atomic E-state index is -0.531. The van der Waals surface area contributed by atoms with Gasteiger partial charge in [-0.3, -0.25) is 14.4 Å². The molecule has 49 heavy (non-hydrogen) atoms. The molecule has 3 aromatic rings. The first-order chi connectivity index (χ1) is 23.4. The molecule has 0 aliphatic carbocycles. The third kappa shape index (κ3) is 10.4. The number of fused-ring (bicyclic) bond motifs is 1. The van der Waals surface area contributed by atoms with Crippen LogP contribution in [-0.4, -0.2) is 77.5 Å². The lowest BCUT2D eigenvalue weighted by Crippen LogP contribution is -2.50. The summed E-state index contributed by atoms with van der Waals surface area (Å²) in [5.41, 5.74) is 8.02. The van der Waals surface area contributed by atoms with E-state index < -0.39 is 24.0 Å². The predicted octanol–water partition coefficient (Wildman–Crippen LogP) is 5.32. The highest BCUT2D eigenvalue weighted by molar-refractivity contribution is 6.00. The first-order valence-corrected chi connectivity index (χ1v) is 16.4. The number of rotatable bonds is 13. The number of aliphatic hydroxyl groups excluding tert-OH is 1. The Bertz CT molecular complexity index is 1620. The SMILES string of the molecule is C[C@@H]1CN([C@H](C)CO)C(=O)c2cc(NC(=O)CCCCCC(=O)Nc3ccccc3N)ccc2O[C@@H]1CN(C)C(=O)Nc1ccc(F)cc1. The molecule has 262 valence electrons. The topological polar surface area (TPSA) is 166 Å². The molecule has 0 radical (unpaired) electrons. The number of hydrogen-bond donors (Lipinski definition) is 5. The summed E-state index contributed by atoms with van der Waals surface area (Å²) in [6.07, 6.45) is 1.86. The van der Waals surface area contributed by atoms with Gasteiger partial charge in [-0.05, 0) is 74.4 Å². The van der Waals surface area contributed by atoms with Crippen molar-refractivity contribution in [3.05, 3.63) is 78.1 Å². The second-order valence-electron chi connectivity index (χ2n) is 12.4. The Morgan fingerprint density at radius 3 is 2.31 bits per heavy atom. The van der Waals surface area contributed by atoms with E-state index in [1.165, 1.54) is 29.2 Å². The van der Waals surface area contributed by atoms with Crippen molar-refractivity contribution in [2.45, 2.75) is 58.1 Å². The van der Waals surface area contributed by atoms with Gasteiger partial charge in [0.05, 0.1) is 36.1 Å². The van der Waals surface area contributed by atoms with E-state index in [1.54, 1.807) is 61.3 Å². The van der Waals surface area contributed by atoms with Crippen LogP contribution in [0.4, 0.5) is 31.9 Å². The number of carbonyl (C=O) groups is 4. The number of carbonyl (C=O) groups excluding carboxylic acids is 4. The van der Waals surface area contributed by atoms with Crippen LogP contribution >= 0.6 is 0 Å². The number of anilines is 4. The van der Waals surface area contributed by atoms with Gasteiger partial charge in [-0.1, -0.05) is 25.5 Å². The molecule has 5 amide bonds. The molecule has 0 saturated heterocycles. The van der Waals surface area contributed by atoms with Crippen molar-refractivity contribution < 1.29 is 33.4 Å². The van der Waals surface area contributed by atoms with Gasteiger partial charge < -0.3 is 41.3 Å². The van der Waals surface area contributed by atoms with Crippen LogP contribution < -0.4 is 26.4 Å². The molecule has 1 heterocycles. The Morgan fingerprint density at radius 2 is 1.63 bits per heavy atom. The maximum atomic E-state index is 13.8. The average molecular weight is 677 g/mol. The number of hydrogen-bond acceptors (Lipinski definition) is 7. The van der Waals surface area contributed by atoms with Crippen LogP contribution in [0.5, 0.6) is 5.75 Å². The molecule has 0 bridgehead atoms. The summed E-state index contributed by atoms with van der Waals surface area (Å²) in [7, 11) is 1.61. The lowest BCUT2D eigenvalue weighted by molar-refractivity contribution is -0.116. The van der Waals surface area contributed by atoms with E-state index in [0.29, 0.717) is 48.4 Å². The van der Waals surface area contributed by atoms with Crippen LogP contribution in [0.25, 0.3) is 0 Å². The minimum absolute atomic E-state index is 0.142. The van der Waals surface area contributed by atoms with Crippen molar-refractivity contribution in [3.63, 3.8) is 0 Å². The molecule has 3 atom stereocenters. The molecule has 6 N–H and O–H groups in total. The number of likely N-dealkylation sites (N-methyl/N-ethyl adjacent to an activating group) is 1. The Balaban J connectivity index is 1.36. The Labute approximate surface area is 285 Å². The van der Waals surface area contributed by atoms with Gasteiger partial charge in [0.2, 0.25) is 11.8 Å². The van der Waals surface area contributed by atoms with Crippen molar-refractivity contribution in [2.24, 2.45) is 5.92 Å². The smallest absolute Gasteiger partial charge is 0.321 e. The number of nitrogen functional groups attached to an aromatic ring is 1. The van der Waals surface area contributed by atoms with Crippen molar-refractivity contribution in [1.29, 1.82) is 0 Å². The second kappa shape index (κ2) is 17.3. The number of nitrogens with one attached hydrogen (secondary N) is 3. The molecule has 4 rings (SSSR count). The fourth-order valence-electron chi connectivity index (χ4n) is 5.42. The zero-order valence-electron chi connectivity index (χ0n) is 28.1. The van der Waals surface area contributed by atoms with E-state index in [9.17, 15) is 28.7 Å². The molecule has 0 unspecified atom stereocenters. The van der Waals surface area contributed by atoms with E-state index >= 15 is 0 Å². The lowest BCUT2D eigenvalue weighted by Gasteiger charge is -2.38. The average Bonchev–Trinajstić information content (AvgIpc) is 3.08. The minimum Gasteiger partial charge on any atom is -0.487 e. The summed E-state index contributed by atoms with van der Waals surface area (Å²) in [6, 6.07) is 16.4. The third-order valence-electron chi connectivity index (χ3n) is 8.39. The van der Waals surface area contributed by atoms with Gasteiger partial charge in [-0.15, -0.1) is 0 Å². The number of nitrogens with two attached hydrogens (primary N) is 1. The van der Waals surface area contributed by atoms with Crippen LogP contribution in [0, 0.1) is 11.7 Å². The molecule has 0 aromatic heterocycles. The first-order valence-electron chi connectivity index (χ1n) is 16.4. The fourth-order valence-corrected chi connectivity index (χ4v) is 5.42. The number of amides is 5. The molecule has 0 saturated carbocycles. The molecule has 13 heteroatoms. The van der Waals surface area contributed by atoms with Crippen molar-refractivity contribution in [3.8, 4) is 5.75 Å². The third-order valence-corrected chi connectivity index (χ3v) is 8.39. The Morgan fingerprint density at radius 1 is 0.980 bits per heavy atom. The lowest BCUT2D eigenvalue weighted by atomic mass is 9.99. The number of benzene rings is 3. The summed E-state index contributed by atoms with van der Waals surface area (Å²) in [5.74, 6) is -1.08. The van der Waals surface area contributed by atoms with E-state index in [-0.39, 0.29) is 61.1 Å². The maximum Gasteiger partial charge on any atom is 0.321 e. The van der Waals surface area contributed by atoms with Gasteiger partial charge in [-0.25, -0.2) is 9.18 Å². The molecule has 0 spiro atoms. The molecule has 0 fully saturated rings. The van der Waals surface area contributed by atoms with E-state index in [0.717, 1.165) is 0 Å². The molecular weight excluding hydrogens is 631 g/mol. The summed E-state index contributed by atoms with van der Waals surface area (Å²) in [4.78, 5) is 54.7.